The van der Waals surface area contributed by atoms with Gasteiger partial charge < -0.3 is 19.9 Å². The third kappa shape index (κ3) is 2.94. The summed E-state index contributed by atoms with van der Waals surface area (Å²) in [6.45, 7) is 1.47. The second kappa shape index (κ2) is 6.90. The minimum atomic E-state index is -0.982. The van der Waals surface area contributed by atoms with Crippen LogP contribution in [0.1, 0.15) is 51.2 Å². The van der Waals surface area contributed by atoms with E-state index in [1.165, 1.54) is 10.8 Å². The van der Waals surface area contributed by atoms with Gasteiger partial charge in [-0.15, -0.1) is 0 Å². The van der Waals surface area contributed by atoms with E-state index in [2.05, 4.69) is 5.32 Å². The van der Waals surface area contributed by atoms with Crippen LogP contribution in [0.15, 0.2) is 23.1 Å². The summed E-state index contributed by atoms with van der Waals surface area (Å²) in [6.07, 6.45) is 4.12. The number of halogens is 2. The van der Waals surface area contributed by atoms with E-state index in [4.69, 9.17) is 0 Å². The van der Waals surface area contributed by atoms with Crippen molar-refractivity contribution in [2.75, 3.05) is 0 Å². The highest BCUT2D eigenvalue weighted by molar-refractivity contribution is 5.99. The van der Waals surface area contributed by atoms with Gasteiger partial charge in [-0.3, -0.25) is 14.4 Å². The predicted molar refractivity (Wildman–Crippen MR) is 106 cm³/mol. The maximum absolute atomic E-state index is 14.0. The van der Waals surface area contributed by atoms with E-state index in [9.17, 15) is 28.3 Å². The van der Waals surface area contributed by atoms with E-state index in [0.717, 1.165) is 31.4 Å². The number of piperidine rings is 1. The standard InChI is InChI=1S/C22H21F2N3O4/c1-10-4-15(23)13(16(24)5-10)7-25-21(30)14-8-26-9-17-11-2-3-12(6-11)27(17)22(31)18(26)20(29)19(14)28/h4-5,8,11-12,17,29H,2-3,6-7,9H2,1H3,(H,25,30)/t11-,12+,17-/m1/s1. The van der Waals surface area contributed by atoms with Crippen molar-refractivity contribution in [3.8, 4) is 5.75 Å². The summed E-state index contributed by atoms with van der Waals surface area (Å²) < 4.78 is 29.5. The molecule has 1 saturated heterocycles. The molecule has 7 nitrogen and oxygen atoms in total. The predicted octanol–water partition coefficient (Wildman–Crippen LogP) is 2.08. The first-order valence-electron chi connectivity index (χ1n) is 10.3. The summed E-state index contributed by atoms with van der Waals surface area (Å²) in [5, 5.41) is 12.8. The van der Waals surface area contributed by atoms with E-state index in [1.807, 2.05) is 0 Å². The second-order valence-corrected chi connectivity index (χ2v) is 8.62. The normalized spacial score (nSPS) is 23.6. The number of rotatable bonds is 3. The Bertz CT molecular complexity index is 1170. The molecule has 2 N–H and O–H groups in total. The van der Waals surface area contributed by atoms with Gasteiger partial charge in [0.25, 0.3) is 11.8 Å². The highest BCUT2D eigenvalue weighted by Gasteiger charge is 2.51. The highest BCUT2D eigenvalue weighted by atomic mass is 19.1. The Morgan fingerprint density at radius 1 is 1.23 bits per heavy atom. The molecule has 0 unspecified atom stereocenters. The lowest BCUT2D eigenvalue weighted by Gasteiger charge is -2.40. The first kappa shape index (κ1) is 19.7. The fourth-order valence-electron chi connectivity index (χ4n) is 5.31. The lowest BCUT2D eigenvalue weighted by Crippen LogP contribution is -2.52. The lowest BCUT2D eigenvalue weighted by molar-refractivity contribution is 0.0482. The van der Waals surface area contributed by atoms with Crippen LogP contribution in [0, 0.1) is 24.5 Å². The average molecular weight is 429 g/mol. The van der Waals surface area contributed by atoms with Crippen LogP contribution < -0.4 is 10.7 Å². The molecule has 1 aromatic carbocycles. The summed E-state index contributed by atoms with van der Waals surface area (Å²) in [5.74, 6) is -3.28. The number of amides is 2. The Labute approximate surface area is 176 Å². The van der Waals surface area contributed by atoms with Crippen molar-refractivity contribution in [1.29, 1.82) is 0 Å². The molecule has 2 bridgehead atoms. The van der Waals surface area contributed by atoms with E-state index >= 15 is 0 Å². The van der Waals surface area contributed by atoms with Gasteiger partial charge in [0.1, 0.15) is 17.2 Å². The molecule has 2 amide bonds. The van der Waals surface area contributed by atoms with E-state index in [1.54, 1.807) is 11.8 Å². The van der Waals surface area contributed by atoms with Crippen molar-refractivity contribution in [1.82, 2.24) is 14.8 Å². The van der Waals surface area contributed by atoms with Crippen LogP contribution in [0.25, 0.3) is 0 Å². The largest absolute Gasteiger partial charge is 0.503 e. The molecule has 2 fully saturated rings. The molecule has 9 heteroatoms. The topological polar surface area (TPSA) is 91.6 Å². The van der Waals surface area contributed by atoms with Crippen LogP contribution in [0.3, 0.4) is 0 Å². The van der Waals surface area contributed by atoms with Gasteiger partial charge in [0.15, 0.2) is 11.4 Å². The molecule has 2 aromatic rings. The van der Waals surface area contributed by atoms with Crippen molar-refractivity contribution < 1.29 is 23.5 Å². The molecule has 3 atom stereocenters. The Balaban J connectivity index is 1.44. The van der Waals surface area contributed by atoms with Crippen molar-refractivity contribution in [3.05, 3.63) is 62.6 Å². The molecule has 0 radical (unpaired) electrons. The average Bonchev–Trinajstić information content (AvgIpc) is 3.31. The summed E-state index contributed by atoms with van der Waals surface area (Å²) in [7, 11) is 0. The molecule has 31 heavy (non-hydrogen) atoms. The molecule has 162 valence electrons. The van der Waals surface area contributed by atoms with Crippen molar-refractivity contribution in [2.24, 2.45) is 5.92 Å². The first-order valence-corrected chi connectivity index (χ1v) is 10.3. The fraction of sp³-hybridized carbons (Fsp3) is 0.409. The van der Waals surface area contributed by atoms with E-state index in [-0.39, 0.29) is 28.9 Å². The van der Waals surface area contributed by atoms with Crippen molar-refractivity contribution >= 4 is 11.8 Å². The van der Waals surface area contributed by atoms with Crippen LogP contribution in [0.4, 0.5) is 8.78 Å². The molecule has 5 rings (SSSR count). The summed E-state index contributed by atoms with van der Waals surface area (Å²) in [5.41, 5.74) is -1.39. The third-order valence-corrected chi connectivity index (χ3v) is 6.77. The zero-order valence-corrected chi connectivity index (χ0v) is 16.8. The van der Waals surface area contributed by atoms with Gasteiger partial charge in [0.05, 0.1) is 6.04 Å². The lowest BCUT2D eigenvalue weighted by atomic mass is 9.95. The molecular formula is C22H21F2N3O4. The summed E-state index contributed by atoms with van der Waals surface area (Å²) in [6, 6.07) is 2.41. The number of benzene rings is 1. The summed E-state index contributed by atoms with van der Waals surface area (Å²) >= 11 is 0. The number of hydrogen-bond acceptors (Lipinski definition) is 4. The molecule has 1 saturated carbocycles. The minimum absolute atomic E-state index is 0.0210. The Kier molecular flexibility index (Phi) is 4.39. The quantitative estimate of drug-likeness (QED) is 0.782. The molecule has 0 spiro atoms. The van der Waals surface area contributed by atoms with Crippen LogP contribution >= 0.6 is 0 Å². The first-order chi connectivity index (χ1) is 14.8. The zero-order valence-electron chi connectivity index (χ0n) is 16.8. The molecule has 3 aliphatic rings. The summed E-state index contributed by atoms with van der Waals surface area (Å²) in [4.78, 5) is 40.0. The number of pyridine rings is 1. The smallest absolute Gasteiger partial charge is 0.275 e. The Morgan fingerprint density at radius 2 is 1.94 bits per heavy atom. The number of carbonyl (C=O) groups excluding carboxylic acids is 2. The fourth-order valence-corrected chi connectivity index (χ4v) is 5.31. The highest BCUT2D eigenvalue weighted by Crippen LogP contribution is 2.45. The molecule has 1 aromatic heterocycles. The molecule has 2 aliphatic heterocycles. The van der Waals surface area contributed by atoms with Gasteiger partial charge in [0, 0.05) is 30.9 Å². The van der Waals surface area contributed by atoms with Crippen LogP contribution in [-0.2, 0) is 13.1 Å². The number of carbonyl (C=O) groups is 2. The molecule has 3 heterocycles. The molecular weight excluding hydrogens is 408 g/mol. The Hall–Kier alpha value is -3.23. The van der Waals surface area contributed by atoms with Crippen molar-refractivity contribution in [3.63, 3.8) is 0 Å². The van der Waals surface area contributed by atoms with Crippen LogP contribution in [0.5, 0.6) is 5.75 Å². The number of nitrogens with zero attached hydrogens (tertiary/aromatic N) is 2. The van der Waals surface area contributed by atoms with Gasteiger partial charge in [0.2, 0.25) is 5.43 Å². The minimum Gasteiger partial charge on any atom is -0.503 e. The maximum Gasteiger partial charge on any atom is 0.275 e. The van der Waals surface area contributed by atoms with E-state index < -0.39 is 41.2 Å². The van der Waals surface area contributed by atoms with Gasteiger partial charge >= 0.3 is 0 Å². The van der Waals surface area contributed by atoms with Gasteiger partial charge in [-0.1, -0.05) is 0 Å². The van der Waals surface area contributed by atoms with Crippen LogP contribution in [-0.4, -0.2) is 38.5 Å². The van der Waals surface area contributed by atoms with Gasteiger partial charge in [-0.2, -0.15) is 0 Å². The number of aromatic nitrogens is 1. The van der Waals surface area contributed by atoms with Crippen LogP contribution in [0.2, 0.25) is 0 Å². The Morgan fingerprint density at radius 3 is 2.65 bits per heavy atom. The second-order valence-electron chi connectivity index (χ2n) is 8.62. The van der Waals surface area contributed by atoms with Gasteiger partial charge in [-0.25, -0.2) is 8.78 Å². The maximum atomic E-state index is 14.0. The van der Waals surface area contributed by atoms with Gasteiger partial charge in [-0.05, 0) is 49.8 Å². The van der Waals surface area contributed by atoms with E-state index in [0.29, 0.717) is 18.0 Å². The number of hydrogen-bond donors (Lipinski definition) is 2. The number of aryl methyl sites for hydroxylation is 1. The number of fused-ring (bicyclic) bond motifs is 6. The molecule has 1 aliphatic carbocycles. The zero-order chi connectivity index (χ0) is 22.0. The van der Waals surface area contributed by atoms with Crippen molar-refractivity contribution in [2.45, 2.75) is 51.4 Å². The number of aromatic hydroxyl groups is 1. The SMILES string of the molecule is Cc1cc(F)c(CNC(=O)c2cn3c(c(O)c2=O)C(=O)N2[C@H]4CC[C@H](C4)[C@H]2C3)c(F)c1. The number of nitrogens with one attached hydrogen (secondary N) is 1. The monoisotopic (exact) mass is 429 g/mol. The third-order valence-electron chi connectivity index (χ3n) is 6.77.